The van der Waals surface area contributed by atoms with E-state index in [1.54, 1.807) is 12.1 Å². The van der Waals surface area contributed by atoms with Crippen LogP contribution < -0.4 is 10.1 Å². The van der Waals surface area contributed by atoms with Crippen LogP contribution in [0.1, 0.15) is 53.6 Å². The lowest BCUT2D eigenvalue weighted by Gasteiger charge is -2.09. The van der Waals surface area contributed by atoms with Crippen molar-refractivity contribution in [1.82, 2.24) is 5.32 Å². The predicted molar refractivity (Wildman–Crippen MR) is 140 cm³/mol. The highest BCUT2D eigenvalue weighted by Gasteiger charge is 2.29. The largest absolute Gasteiger partial charge is 0.494 e. The van der Waals surface area contributed by atoms with E-state index in [0.717, 1.165) is 61.1 Å². The van der Waals surface area contributed by atoms with Gasteiger partial charge in [-0.05, 0) is 72.4 Å². The molecule has 5 nitrogen and oxygen atoms in total. The van der Waals surface area contributed by atoms with Crippen molar-refractivity contribution in [3.05, 3.63) is 89.5 Å². The van der Waals surface area contributed by atoms with Crippen LogP contribution in [0.25, 0.3) is 11.1 Å². The number of carbonyl (C=O) groups excluding carboxylic acids is 2. The molecule has 0 bridgehead atoms. The molecule has 202 valence electrons. The molecule has 0 aliphatic rings. The standard InChI is InChI=1S/C30H32F3NO4/c1-37-28(35)19-20-34-29(36)25-9-7-22(8-10-25)6-4-2-3-5-21-38-27-17-13-24(14-18-27)23-11-15-26(16-12-23)30(31,32)33/h7-18H,2-6,19-21H2,1H3,(H,34,36). The third kappa shape index (κ3) is 9.25. The molecule has 0 atom stereocenters. The van der Waals surface area contributed by atoms with Crippen LogP contribution in [0.15, 0.2) is 72.8 Å². The van der Waals surface area contributed by atoms with Gasteiger partial charge in [-0.1, -0.05) is 49.2 Å². The Balaban J connectivity index is 1.29. The molecule has 0 spiro atoms. The van der Waals surface area contributed by atoms with Crippen molar-refractivity contribution in [2.24, 2.45) is 0 Å². The number of halogens is 3. The SMILES string of the molecule is COC(=O)CCNC(=O)c1ccc(CCCCCCOc2ccc(-c3ccc(C(F)(F)F)cc3)cc2)cc1. The highest BCUT2D eigenvalue weighted by Crippen LogP contribution is 2.31. The molecule has 1 amide bonds. The number of ether oxygens (including phenoxy) is 2. The number of rotatable bonds is 13. The van der Waals surface area contributed by atoms with E-state index in [1.807, 2.05) is 36.4 Å². The number of esters is 1. The number of alkyl halides is 3. The Morgan fingerprint density at radius 3 is 2.00 bits per heavy atom. The van der Waals surface area contributed by atoms with E-state index >= 15 is 0 Å². The van der Waals surface area contributed by atoms with Gasteiger partial charge in [0, 0.05) is 12.1 Å². The molecule has 0 fully saturated rings. The molecule has 3 aromatic carbocycles. The Morgan fingerprint density at radius 1 is 0.789 bits per heavy atom. The topological polar surface area (TPSA) is 64.6 Å². The number of hydrogen-bond acceptors (Lipinski definition) is 4. The van der Waals surface area contributed by atoms with Gasteiger partial charge in [0.15, 0.2) is 0 Å². The lowest BCUT2D eigenvalue weighted by molar-refractivity contribution is -0.140. The smallest absolute Gasteiger partial charge is 0.416 e. The maximum absolute atomic E-state index is 12.7. The first-order valence-electron chi connectivity index (χ1n) is 12.6. The first kappa shape index (κ1) is 28.8. The molecule has 0 heterocycles. The van der Waals surface area contributed by atoms with Crippen molar-refractivity contribution in [3.63, 3.8) is 0 Å². The number of hydrogen-bond donors (Lipinski definition) is 1. The number of nitrogens with one attached hydrogen (secondary N) is 1. The average Bonchev–Trinajstić information content (AvgIpc) is 2.92. The van der Waals surface area contributed by atoms with E-state index in [4.69, 9.17) is 4.74 Å². The number of aryl methyl sites for hydroxylation is 1. The zero-order valence-electron chi connectivity index (χ0n) is 21.4. The first-order chi connectivity index (χ1) is 18.3. The fourth-order valence-electron chi connectivity index (χ4n) is 3.88. The fourth-order valence-corrected chi connectivity index (χ4v) is 3.88. The molecule has 3 aromatic rings. The van der Waals surface area contributed by atoms with Gasteiger partial charge in [-0.15, -0.1) is 0 Å². The molecular weight excluding hydrogens is 495 g/mol. The van der Waals surface area contributed by atoms with Crippen LogP contribution in [0.2, 0.25) is 0 Å². The van der Waals surface area contributed by atoms with Crippen molar-refractivity contribution in [3.8, 4) is 16.9 Å². The molecule has 0 saturated heterocycles. The van der Waals surface area contributed by atoms with E-state index in [1.165, 1.54) is 24.8 Å². The van der Waals surface area contributed by atoms with Crippen LogP contribution in [0.5, 0.6) is 5.75 Å². The number of unbranched alkanes of at least 4 members (excludes halogenated alkanes) is 3. The van der Waals surface area contributed by atoms with Crippen molar-refractivity contribution in [2.45, 2.75) is 44.7 Å². The van der Waals surface area contributed by atoms with Gasteiger partial charge in [-0.2, -0.15) is 13.2 Å². The minimum atomic E-state index is -4.34. The van der Waals surface area contributed by atoms with Crippen LogP contribution >= 0.6 is 0 Å². The monoisotopic (exact) mass is 527 g/mol. The van der Waals surface area contributed by atoms with Crippen LogP contribution in [0, 0.1) is 0 Å². The van der Waals surface area contributed by atoms with Crippen LogP contribution in [-0.4, -0.2) is 32.1 Å². The number of benzene rings is 3. The van der Waals surface area contributed by atoms with Gasteiger partial charge in [0.1, 0.15) is 5.75 Å². The van der Waals surface area contributed by atoms with E-state index in [9.17, 15) is 22.8 Å². The third-order valence-corrected chi connectivity index (χ3v) is 6.09. The highest BCUT2D eigenvalue weighted by molar-refractivity contribution is 5.94. The van der Waals surface area contributed by atoms with Crippen molar-refractivity contribution in [2.75, 3.05) is 20.3 Å². The van der Waals surface area contributed by atoms with E-state index in [2.05, 4.69) is 10.1 Å². The van der Waals surface area contributed by atoms with Gasteiger partial charge >= 0.3 is 12.1 Å². The fraction of sp³-hybridized carbons (Fsp3) is 0.333. The number of amides is 1. The minimum absolute atomic E-state index is 0.142. The van der Waals surface area contributed by atoms with Gasteiger partial charge in [0.25, 0.3) is 5.91 Å². The zero-order valence-corrected chi connectivity index (χ0v) is 21.4. The summed E-state index contributed by atoms with van der Waals surface area (Å²) < 4.78 is 48.5. The van der Waals surface area contributed by atoms with Crippen LogP contribution in [0.4, 0.5) is 13.2 Å². The molecule has 0 unspecified atom stereocenters. The second-order valence-corrected chi connectivity index (χ2v) is 8.89. The molecule has 0 aromatic heterocycles. The molecule has 38 heavy (non-hydrogen) atoms. The molecule has 0 aliphatic carbocycles. The average molecular weight is 528 g/mol. The van der Waals surface area contributed by atoms with E-state index in [-0.39, 0.29) is 24.8 Å². The van der Waals surface area contributed by atoms with E-state index in [0.29, 0.717) is 12.2 Å². The van der Waals surface area contributed by atoms with Gasteiger partial charge in [-0.25, -0.2) is 0 Å². The molecule has 3 rings (SSSR count). The summed E-state index contributed by atoms with van der Waals surface area (Å²) in [6.45, 7) is 0.838. The van der Waals surface area contributed by atoms with Crippen molar-refractivity contribution in [1.29, 1.82) is 0 Å². The van der Waals surface area contributed by atoms with Crippen molar-refractivity contribution >= 4 is 11.9 Å². The Kier molecular flexibility index (Phi) is 10.8. The summed E-state index contributed by atoms with van der Waals surface area (Å²) in [7, 11) is 1.31. The Bertz CT molecular complexity index is 1160. The Labute approximate surface area is 221 Å². The quantitative estimate of drug-likeness (QED) is 0.195. The summed E-state index contributed by atoms with van der Waals surface area (Å²) in [4.78, 5) is 23.2. The lowest BCUT2D eigenvalue weighted by Crippen LogP contribution is -2.26. The summed E-state index contributed by atoms with van der Waals surface area (Å²) in [5.74, 6) is 0.158. The Hall–Kier alpha value is -3.81. The lowest BCUT2D eigenvalue weighted by atomic mass is 10.0. The van der Waals surface area contributed by atoms with Crippen LogP contribution in [-0.2, 0) is 22.1 Å². The summed E-state index contributed by atoms with van der Waals surface area (Å²) in [5, 5.41) is 2.70. The summed E-state index contributed by atoms with van der Waals surface area (Å²) in [6, 6.07) is 19.9. The molecule has 0 aliphatic heterocycles. The molecule has 0 radical (unpaired) electrons. The van der Waals surface area contributed by atoms with Gasteiger partial charge in [0.2, 0.25) is 0 Å². The highest BCUT2D eigenvalue weighted by atomic mass is 19.4. The maximum Gasteiger partial charge on any atom is 0.416 e. The van der Waals surface area contributed by atoms with Gasteiger partial charge in [0.05, 0.1) is 25.7 Å². The summed E-state index contributed by atoms with van der Waals surface area (Å²) in [6.07, 6.45) is 0.782. The normalized spacial score (nSPS) is 11.2. The summed E-state index contributed by atoms with van der Waals surface area (Å²) in [5.41, 5.74) is 2.62. The van der Waals surface area contributed by atoms with Gasteiger partial charge < -0.3 is 14.8 Å². The van der Waals surface area contributed by atoms with Crippen molar-refractivity contribution < 1.29 is 32.2 Å². The third-order valence-electron chi connectivity index (χ3n) is 6.09. The maximum atomic E-state index is 12.7. The molecule has 0 saturated carbocycles. The Morgan fingerprint density at radius 2 is 1.39 bits per heavy atom. The number of carbonyl (C=O) groups is 2. The second kappa shape index (κ2) is 14.2. The first-order valence-corrected chi connectivity index (χ1v) is 12.6. The molecule has 1 N–H and O–H groups in total. The molecule has 8 heteroatoms. The molecular formula is C30H32F3NO4. The van der Waals surface area contributed by atoms with Gasteiger partial charge in [-0.3, -0.25) is 9.59 Å². The van der Waals surface area contributed by atoms with E-state index < -0.39 is 11.7 Å². The zero-order chi connectivity index (χ0) is 27.4. The minimum Gasteiger partial charge on any atom is -0.494 e. The summed E-state index contributed by atoms with van der Waals surface area (Å²) >= 11 is 0. The second-order valence-electron chi connectivity index (χ2n) is 8.89. The number of methoxy groups -OCH3 is 1. The van der Waals surface area contributed by atoms with Crippen LogP contribution in [0.3, 0.4) is 0 Å². The predicted octanol–water partition coefficient (Wildman–Crippen LogP) is 6.85.